The third kappa shape index (κ3) is 10.3. The van der Waals surface area contributed by atoms with E-state index in [-0.39, 0.29) is 5.92 Å². The predicted molar refractivity (Wildman–Crippen MR) is 76.5 cm³/mol. The highest BCUT2D eigenvalue weighted by Gasteiger charge is 2.26. The van der Waals surface area contributed by atoms with Gasteiger partial charge in [0.05, 0.1) is 12.4 Å². The molecule has 0 aromatic rings. The summed E-state index contributed by atoms with van der Waals surface area (Å²) >= 11 is 0. The Kier molecular flexibility index (Phi) is 8.08. The van der Waals surface area contributed by atoms with Crippen LogP contribution in [-0.4, -0.2) is 39.6 Å². The number of nitrogens with one attached hydrogen (secondary N) is 1. The van der Waals surface area contributed by atoms with E-state index >= 15 is 0 Å². The molecular weight excluding hydrogens is 269 g/mol. The minimum Gasteiger partial charge on any atom is -0.376 e. The van der Waals surface area contributed by atoms with Gasteiger partial charge in [0, 0.05) is 12.1 Å². The quantitative estimate of drug-likeness (QED) is 0.674. The van der Waals surface area contributed by atoms with Gasteiger partial charge >= 0.3 is 0 Å². The van der Waals surface area contributed by atoms with Crippen LogP contribution >= 0.6 is 0 Å². The van der Waals surface area contributed by atoms with E-state index in [0.717, 1.165) is 19.1 Å². The Bertz CT molecular complexity index is 344. The van der Waals surface area contributed by atoms with Crippen molar-refractivity contribution in [3.8, 4) is 0 Å². The van der Waals surface area contributed by atoms with Gasteiger partial charge in [-0.25, -0.2) is 17.5 Å². The maximum atomic E-state index is 12.4. The fraction of sp³-hybridized carbons (Fsp3) is 1.00. The maximum Gasteiger partial charge on any atom is 0.209 e. The van der Waals surface area contributed by atoms with Gasteiger partial charge in [-0.15, -0.1) is 0 Å². The number of hydrogen-bond acceptors (Lipinski definition) is 3. The van der Waals surface area contributed by atoms with Crippen LogP contribution in [0.4, 0.5) is 4.39 Å². The van der Waals surface area contributed by atoms with Gasteiger partial charge in [0.15, 0.2) is 0 Å². The Morgan fingerprint density at radius 2 is 1.95 bits per heavy atom. The van der Waals surface area contributed by atoms with Crippen LogP contribution in [0.5, 0.6) is 0 Å². The Hall–Kier alpha value is -0.200. The second-order valence-corrected chi connectivity index (χ2v) is 7.66. The Labute approximate surface area is 117 Å². The van der Waals surface area contributed by atoms with Crippen molar-refractivity contribution in [1.82, 2.24) is 4.72 Å². The van der Waals surface area contributed by atoms with Gasteiger partial charge in [-0.1, -0.05) is 13.3 Å². The molecule has 0 aromatic carbocycles. The van der Waals surface area contributed by atoms with E-state index in [1.54, 1.807) is 6.92 Å². The molecule has 0 heterocycles. The molecule has 0 rings (SSSR count). The average molecular weight is 297 g/mol. The Morgan fingerprint density at radius 1 is 1.37 bits per heavy atom. The highest BCUT2D eigenvalue weighted by Crippen LogP contribution is 2.22. The zero-order chi connectivity index (χ0) is 15.1. The number of halogens is 1. The van der Waals surface area contributed by atoms with Gasteiger partial charge in [0.1, 0.15) is 6.67 Å². The summed E-state index contributed by atoms with van der Waals surface area (Å²) in [5.74, 6) is 0.225. The van der Waals surface area contributed by atoms with Crippen LogP contribution in [0.15, 0.2) is 0 Å². The summed E-state index contributed by atoms with van der Waals surface area (Å²) in [7, 11) is -3.23. The highest BCUT2D eigenvalue weighted by molar-refractivity contribution is 7.88. The first kappa shape index (κ1) is 18.8. The molecule has 0 amide bonds. The average Bonchev–Trinajstić information content (AvgIpc) is 2.21. The molecular formula is C13H28FNO3S. The van der Waals surface area contributed by atoms with E-state index in [9.17, 15) is 12.8 Å². The molecule has 0 aliphatic heterocycles. The summed E-state index contributed by atoms with van der Waals surface area (Å²) in [6, 6.07) is 0. The molecule has 0 fully saturated rings. The zero-order valence-corrected chi connectivity index (χ0v) is 13.5. The minimum absolute atomic E-state index is 0.225. The van der Waals surface area contributed by atoms with Crippen LogP contribution in [0.3, 0.4) is 0 Å². The topological polar surface area (TPSA) is 55.4 Å². The number of sulfonamides is 1. The van der Waals surface area contributed by atoms with Gasteiger partial charge < -0.3 is 4.74 Å². The van der Waals surface area contributed by atoms with E-state index in [1.807, 2.05) is 13.8 Å². The monoisotopic (exact) mass is 297 g/mol. The molecule has 19 heavy (non-hydrogen) atoms. The van der Waals surface area contributed by atoms with Gasteiger partial charge in [-0.2, -0.15) is 0 Å². The first-order chi connectivity index (χ1) is 8.59. The van der Waals surface area contributed by atoms with E-state index in [4.69, 9.17) is 4.74 Å². The highest BCUT2D eigenvalue weighted by atomic mass is 32.2. The maximum absolute atomic E-state index is 12.4. The molecule has 1 N–H and O–H groups in total. The first-order valence-electron chi connectivity index (χ1n) is 6.76. The molecule has 6 heteroatoms. The summed E-state index contributed by atoms with van der Waals surface area (Å²) in [6.45, 7) is 7.45. The van der Waals surface area contributed by atoms with Crippen LogP contribution in [-0.2, 0) is 14.8 Å². The fourth-order valence-corrected chi connectivity index (χ4v) is 3.35. The van der Waals surface area contributed by atoms with Crippen molar-refractivity contribution in [2.24, 2.45) is 5.92 Å². The van der Waals surface area contributed by atoms with E-state index in [0.29, 0.717) is 13.0 Å². The lowest BCUT2D eigenvalue weighted by molar-refractivity contribution is 0.0177. The largest absolute Gasteiger partial charge is 0.376 e. The minimum atomic E-state index is -3.23. The van der Waals surface area contributed by atoms with Crippen molar-refractivity contribution in [2.45, 2.75) is 58.6 Å². The number of alkyl halides is 1. The zero-order valence-electron chi connectivity index (χ0n) is 12.7. The molecule has 2 unspecified atom stereocenters. The smallest absolute Gasteiger partial charge is 0.209 e. The number of ether oxygens (including phenoxy) is 1. The molecule has 4 nitrogen and oxygen atoms in total. The summed E-state index contributed by atoms with van der Waals surface area (Å²) in [4.78, 5) is 0. The fourth-order valence-electron chi connectivity index (χ4n) is 2.26. The number of hydrogen-bond donors (Lipinski definition) is 1. The Balaban J connectivity index is 4.46. The van der Waals surface area contributed by atoms with Crippen molar-refractivity contribution in [3.63, 3.8) is 0 Å². The number of rotatable bonds is 10. The lowest BCUT2D eigenvalue weighted by atomic mass is 9.89. The third-order valence-electron chi connectivity index (χ3n) is 2.79. The molecule has 0 saturated carbocycles. The molecule has 0 saturated heterocycles. The second-order valence-electron chi connectivity index (χ2n) is 5.92. The lowest BCUT2D eigenvalue weighted by Crippen LogP contribution is -2.44. The molecule has 0 spiro atoms. The standard InChI is InChI=1S/C13H28FNO3S/c1-6-7-12(10-18-11(2)9-14)8-13(3,4)15-19(5,16)17/h11-12,15H,6-10H2,1-5H3. The normalized spacial score (nSPS) is 16.3. The van der Waals surface area contributed by atoms with Crippen molar-refractivity contribution in [3.05, 3.63) is 0 Å². The third-order valence-corrected chi connectivity index (χ3v) is 3.71. The molecule has 0 aliphatic carbocycles. The van der Waals surface area contributed by atoms with Crippen LogP contribution in [0.1, 0.15) is 47.0 Å². The van der Waals surface area contributed by atoms with Gasteiger partial charge in [0.25, 0.3) is 0 Å². The summed E-state index contributed by atoms with van der Waals surface area (Å²) in [5.41, 5.74) is -0.518. The van der Waals surface area contributed by atoms with Gasteiger partial charge in [-0.05, 0) is 39.5 Å². The molecule has 0 bridgehead atoms. The molecule has 0 radical (unpaired) electrons. The Morgan fingerprint density at radius 3 is 2.37 bits per heavy atom. The summed E-state index contributed by atoms with van der Waals surface area (Å²) in [5, 5.41) is 0. The van der Waals surface area contributed by atoms with E-state index < -0.39 is 28.3 Å². The first-order valence-corrected chi connectivity index (χ1v) is 8.65. The molecule has 0 aliphatic rings. The molecule has 0 aromatic heterocycles. The van der Waals surface area contributed by atoms with Gasteiger partial charge in [0.2, 0.25) is 10.0 Å². The van der Waals surface area contributed by atoms with Crippen molar-refractivity contribution in [1.29, 1.82) is 0 Å². The second kappa shape index (κ2) is 8.17. The van der Waals surface area contributed by atoms with Crippen molar-refractivity contribution < 1.29 is 17.5 Å². The van der Waals surface area contributed by atoms with Crippen LogP contribution in [0, 0.1) is 5.92 Å². The van der Waals surface area contributed by atoms with Crippen molar-refractivity contribution >= 4 is 10.0 Å². The molecule has 2 atom stereocenters. The van der Waals surface area contributed by atoms with E-state index in [1.165, 1.54) is 0 Å². The van der Waals surface area contributed by atoms with Crippen LogP contribution in [0.25, 0.3) is 0 Å². The predicted octanol–water partition coefficient (Wildman–Crippen LogP) is 2.50. The van der Waals surface area contributed by atoms with Crippen molar-refractivity contribution in [2.75, 3.05) is 19.5 Å². The van der Waals surface area contributed by atoms with Crippen LogP contribution < -0.4 is 4.72 Å². The van der Waals surface area contributed by atoms with Crippen LogP contribution in [0.2, 0.25) is 0 Å². The SMILES string of the molecule is CCCC(COC(C)CF)CC(C)(C)NS(C)(=O)=O. The summed E-state index contributed by atoms with van der Waals surface area (Å²) in [6.07, 6.45) is 3.37. The molecule has 116 valence electrons. The summed E-state index contributed by atoms with van der Waals surface area (Å²) < 4.78 is 43.0. The van der Waals surface area contributed by atoms with Gasteiger partial charge in [-0.3, -0.25) is 0 Å². The van der Waals surface area contributed by atoms with E-state index in [2.05, 4.69) is 11.6 Å². The lowest BCUT2D eigenvalue weighted by Gasteiger charge is -2.30.